The summed E-state index contributed by atoms with van der Waals surface area (Å²) >= 11 is 1.60. The van der Waals surface area contributed by atoms with Crippen molar-refractivity contribution in [2.24, 2.45) is 0 Å². The fourth-order valence-electron chi connectivity index (χ4n) is 3.06. The lowest BCUT2D eigenvalue weighted by Crippen LogP contribution is -2.31. The quantitative estimate of drug-likeness (QED) is 0.527. The van der Waals surface area contributed by atoms with Gasteiger partial charge in [-0.2, -0.15) is 0 Å². The molecule has 2 aromatic carbocycles. The van der Waals surface area contributed by atoms with Gasteiger partial charge in [0.2, 0.25) is 5.91 Å². The fourth-order valence-corrected chi connectivity index (χ4v) is 4.12. The maximum atomic E-state index is 12.7. The Morgan fingerprint density at radius 2 is 1.96 bits per heavy atom. The molecule has 0 saturated heterocycles. The van der Waals surface area contributed by atoms with E-state index in [2.05, 4.69) is 4.98 Å². The summed E-state index contributed by atoms with van der Waals surface area (Å²) < 4.78 is 7.83. The molecule has 138 valence electrons. The van der Waals surface area contributed by atoms with E-state index in [1.807, 2.05) is 49.4 Å². The number of carbonyl (C=O) groups is 1. The highest BCUT2D eigenvalue weighted by Gasteiger charge is 2.21. The second kappa shape index (κ2) is 7.00. The van der Waals surface area contributed by atoms with Crippen LogP contribution >= 0.6 is 11.3 Å². The van der Waals surface area contributed by atoms with E-state index in [0.717, 1.165) is 15.2 Å². The van der Waals surface area contributed by atoms with Gasteiger partial charge in [0.05, 0.1) is 21.8 Å². The highest BCUT2D eigenvalue weighted by Crippen LogP contribution is 2.29. The number of aromatic nitrogens is 2. The molecule has 0 aliphatic rings. The Hall–Kier alpha value is -2.93. The van der Waals surface area contributed by atoms with Crippen molar-refractivity contribution < 1.29 is 9.21 Å². The molecule has 0 unspecified atom stereocenters. The number of thiazole rings is 1. The lowest BCUT2D eigenvalue weighted by Gasteiger charge is -2.23. The van der Waals surface area contributed by atoms with Gasteiger partial charge in [0, 0.05) is 20.0 Å². The predicted molar refractivity (Wildman–Crippen MR) is 106 cm³/mol. The molecule has 0 radical (unpaired) electrons. The van der Waals surface area contributed by atoms with Gasteiger partial charge in [-0.3, -0.25) is 9.36 Å². The maximum absolute atomic E-state index is 12.7. The fraction of sp³-hybridized carbons (Fsp3) is 0.250. The number of rotatable bonds is 5. The Labute approximate surface area is 159 Å². The molecule has 0 saturated carbocycles. The van der Waals surface area contributed by atoms with Gasteiger partial charge in [-0.25, -0.2) is 9.78 Å². The molecule has 6 nitrogen and oxygen atoms in total. The summed E-state index contributed by atoms with van der Waals surface area (Å²) in [6, 6.07) is 15.0. The summed E-state index contributed by atoms with van der Waals surface area (Å²) in [5.74, 6) is -0.482. The van der Waals surface area contributed by atoms with Crippen LogP contribution in [0.5, 0.6) is 0 Å². The first-order valence-electron chi connectivity index (χ1n) is 8.74. The predicted octanol–water partition coefficient (Wildman–Crippen LogP) is 3.81. The number of hydrogen-bond donors (Lipinski definition) is 0. The lowest BCUT2D eigenvalue weighted by atomic mass is 10.2. The Balaban J connectivity index is 1.48. The van der Waals surface area contributed by atoms with Crippen molar-refractivity contribution in [3.63, 3.8) is 0 Å². The van der Waals surface area contributed by atoms with Crippen LogP contribution in [0.4, 0.5) is 0 Å². The third kappa shape index (κ3) is 3.26. The molecule has 7 heteroatoms. The van der Waals surface area contributed by atoms with Crippen molar-refractivity contribution in [1.82, 2.24) is 14.5 Å². The van der Waals surface area contributed by atoms with E-state index in [-0.39, 0.29) is 24.9 Å². The first kappa shape index (κ1) is 17.5. The molecule has 0 aliphatic carbocycles. The number of aryl methyl sites for hydroxylation is 1. The van der Waals surface area contributed by atoms with Crippen molar-refractivity contribution in [2.45, 2.75) is 25.9 Å². The number of hydrogen-bond acceptors (Lipinski definition) is 5. The van der Waals surface area contributed by atoms with Gasteiger partial charge in [-0.15, -0.1) is 11.3 Å². The first-order valence-corrected chi connectivity index (χ1v) is 9.56. The molecule has 0 bridgehead atoms. The number of amides is 1. The van der Waals surface area contributed by atoms with Crippen molar-refractivity contribution in [3.05, 3.63) is 64.1 Å². The summed E-state index contributed by atoms with van der Waals surface area (Å²) in [5, 5.41) is 0.901. The average molecular weight is 381 g/mol. The van der Waals surface area contributed by atoms with Crippen LogP contribution in [0.25, 0.3) is 21.3 Å². The molecule has 0 fully saturated rings. The number of oxazole rings is 1. The van der Waals surface area contributed by atoms with Gasteiger partial charge in [-0.05, 0) is 31.2 Å². The second-order valence-electron chi connectivity index (χ2n) is 6.44. The first-order chi connectivity index (χ1) is 13.0. The zero-order chi connectivity index (χ0) is 19.0. The highest BCUT2D eigenvalue weighted by atomic mass is 32.1. The van der Waals surface area contributed by atoms with E-state index in [0.29, 0.717) is 11.1 Å². The van der Waals surface area contributed by atoms with E-state index in [1.54, 1.807) is 29.4 Å². The third-order valence-electron chi connectivity index (χ3n) is 4.77. The Kier molecular flexibility index (Phi) is 4.53. The number of benzene rings is 2. The Bertz CT molecular complexity index is 1140. The van der Waals surface area contributed by atoms with E-state index < -0.39 is 5.76 Å². The van der Waals surface area contributed by atoms with Crippen LogP contribution in [0.15, 0.2) is 57.7 Å². The molecule has 2 heterocycles. The second-order valence-corrected chi connectivity index (χ2v) is 7.50. The molecule has 1 amide bonds. The number of nitrogens with zero attached hydrogens (tertiary/aromatic N) is 3. The standard InChI is InChI=1S/C20H19N3O3S/c1-13(19-21-14-7-3-6-10-17(14)27-19)22(2)18(24)11-12-23-15-8-4-5-9-16(15)26-20(23)25/h3-10,13H,11-12H2,1-2H3/t13-/m1/s1. The molecule has 2 aromatic heterocycles. The molecule has 1 atom stereocenters. The van der Waals surface area contributed by atoms with E-state index in [9.17, 15) is 9.59 Å². The smallest absolute Gasteiger partial charge is 0.408 e. The van der Waals surface area contributed by atoms with E-state index in [1.165, 1.54) is 4.57 Å². The summed E-state index contributed by atoms with van der Waals surface area (Å²) in [6.07, 6.45) is 0.217. The lowest BCUT2D eigenvalue weighted by molar-refractivity contribution is -0.132. The summed E-state index contributed by atoms with van der Waals surface area (Å²) in [4.78, 5) is 31.0. The Morgan fingerprint density at radius 3 is 2.78 bits per heavy atom. The highest BCUT2D eigenvalue weighted by molar-refractivity contribution is 7.18. The zero-order valence-corrected chi connectivity index (χ0v) is 15.9. The number of carbonyl (C=O) groups excluding carboxylic acids is 1. The van der Waals surface area contributed by atoms with Gasteiger partial charge >= 0.3 is 5.76 Å². The molecular formula is C20H19N3O3S. The Morgan fingerprint density at radius 1 is 1.22 bits per heavy atom. The molecule has 4 rings (SSSR count). The minimum Gasteiger partial charge on any atom is -0.408 e. The van der Waals surface area contributed by atoms with Crippen LogP contribution in [0.3, 0.4) is 0 Å². The molecular weight excluding hydrogens is 362 g/mol. The molecule has 4 aromatic rings. The van der Waals surface area contributed by atoms with Crippen LogP contribution in [0.2, 0.25) is 0 Å². The normalized spacial score (nSPS) is 12.5. The third-order valence-corrected chi connectivity index (χ3v) is 5.97. The van der Waals surface area contributed by atoms with Gasteiger partial charge < -0.3 is 9.32 Å². The minimum absolute atomic E-state index is 0.0427. The van der Waals surface area contributed by atoms with Crippen molar-refractivity contribution in [1.29, 1.82) is 0 Å². The summed E-state index contributed by atoms with van der Waals surface area (Å²) in [7, 11) is 1.77. The maximum Gasteiger partial charge on any atom is 0.419 e. The van der Waals surface area contributed by atoms with Gasteiger partial charge in [-0.1, -0.05) is 24.3 Å². The average Bonchev–Trinajstić information content (AvgIpc) is 3.25. The minimum atomic E-state index is -0.439. The molecule has 0 aliphatic heterocycles. The number of fused-ring (bicyclic) bond motifs is 2. The summed E-state index contributed by atoms with van der Waals surface area (Å²) in [6.45, 7) is 2.25. The topological polar surface area (TPSA) is 68.3 Å². The van der Waals surface area contributed by atoms with Crippen molar-refractivity contribution in [2.75, 3.05) is 7.05 Å². The molecule has 0 N–H and O–H groups in total. The van der Waals surface area contributed by atoms with Crippen molar-refractivity contribution in [3.8, 4) is 0 Å². The van der Waals surface area contributed by atoms with Crippen LogP contribution < -0.4 is 5.76 Å². The van der Waals surface area contributed by atoms with Gasteiger partial charge in [0.25, 0.3) is 0 Å². The SMILES string of the molecule is C[C@H](c1nc2ccccc2s1)N(C)C(=O)CCn1c(=O)oc2ccccc21. The summed E-state index contributed by atoms with van der Waals surface area (Å²) in [5.41, 5.74) is 2.19. The zero-order valence-electron chi connectivity index (χ0n) is 15.1. The number of para-hydroxylation sites is 3. The van der Waals surface area contributed by atoms with Crippen LogP contribution in [-0.2, 0) is 11.3 Å². The van der Waals surface area contributed by atoms with Crippen LogP contribution in [0, 0.1) is 0 Å². The monoisotopic (exact) mass is 381 g/mol. The molecule has 0 spiro atoms. The van der Waals surface area contributed by atoms with Crippen LogP contribution in [0.1, 0.15) is 24.4 Å². The largest absolute Gasteiger partial charge is 0.419 e. The van der Waals surface area contributed by atoms with Gasteiger partial charge in [0.15, 0.2) is 5.58 Å². The molecule has 27 heavy (non-hydrogen) atoms. The van der Waals surface area contributed by atoms with E-state index in [4.69, 9.17) is 4.42 Å². The van der Waals surface area contributed by atoms with Crippen LogP contribution in [-0.4, -0.2) is 27.4 Å². The van der Waals surface area contributed by atoms with Crippen molar-refractivity contribution >= 4 is 38.6 Å². The van der Waals surface area contributed by atoms with E-state index >= 15 is 0 Å². The van der Waals surface area contributed by atoms with Gasteiger partial charge in [0.1, 0.15) is 5.01 Å².